The van der Waals surface area contributed by atoms with Crippen LogP contribution in [0.25, 0.3) is 0 Å². The van der Waals surface area contributed by atoms with E-state index in [1.165, 1.54) is 19.2 Å². The molecule has 1 N–H and O–H groups in total. The fourth-order valence-electron chi connectivity index (χ4n) is 2.48. The number of aryl methyl sites for hydroxylation is 1. The number of hydrogen-bond donors (Lipinski definition) is 1. The third kappa shape index (κ3) is 6.21. The van der Waals surface area contributed by atoms with Gasteiger partial charge in [0, 0.05) is 28.8 Å². The Bertz CT molecular complexity index is 842. The van der Waals surface area contributed by atoms with Gasteiger partial charge >= 0.3 is 5.69 Å². The number of nitro benzene ring substituents is 1. The molecule has 0 spiro atoms. The van der Waals surface area contributed by atoms with E-state index in [9.17, 15) is 14.9 Å². The number of nitrogens with one attached hydrogen (secondary N) is 1. The van der Waals surface area contributed by atoms with Crippen molar-refractivity contribution in [1.82, 2.24) is 4.90 Å². The van der Waals surface area contributed by atoms with Crippen molar-refractivity contribution in [1.29, 1.82) is 0 Å². The third-order valence-corrected chi connectivity index (χ3v) is 4.49. The molecule has 1 amide bonds. The van der Waals surface area contributed by atoms with Crippen LogP contribution in [0.4, 0.5) is 11.4 Å². The van der Waals surface area contributed by atoms with E-state index in [0.717, 1.165) is 10.2 Å². The lowest BCUT2D eigenvalue weighted by Crippen LogP contribution is -2.33. The Morgan fingerprint density at radius 3 is 2.57 bits per heavy atom. The van der Waals surface area contributed by atoms with Gasteiger partial charge in [0.15, 0.2) is 5.75 Å². The number of nitrogens with zero attached hydrogens (tertiary/aromatic N) is 2. The molecule has 0 radical (unpaired) electrons. The summed E-state index contributed by atoms with van der Waals surface area (Å²) < 4.78 is 11.7. The van der Waals surface area contributed by atoms with Crippen molar-refractivity contribution >= 4 is 33.2 Å². The number of nitro groups is 1. The molecule has 0 bridgehead atoms. The maximum absolute atomic E-state index is 12.3. The molecule has 0 saturated carbocycles. The van der Waals surface area contributed by atoms with Gasteiger partial charge in [-0.25, -0.2) is 0 Å². The lowest BCUT2D eigenvalue weighted by molar-refractivity contribution is -0.385. The predicted octanol–water partition coefficient (Wildman–Crippen LogP) is 3.62. The number of rotatable bonds is 9. The Balaban J connectivity index is 1.87. The van der Waals surface area contributed by atoms with E-state index in [0.29, 0.717) is 24.4 Å². The molecule has 0 aromatic heterocycles. The Kier molecular flexibility index (Phi) is 7.77. The Morgan fingerprint density at radius 2 is 1.96 bits per heavy atom. The van der Waals surface area contributed by atoms with Gasteiger partial charge < -0.3 is 14.8 Å². The van der Waals surface area contributed by atoms with Crippen LogP contribution in [-0.2, 0) is 4.79 Å². The number of amides is 1. The topological polar surface area (TPSA) is 93.9 Å². The molecule has 0 unspecified atom stereocenters. The molecule has 2 aromatic rings. The zero-order chi connectivity index (χ0) is 20.7. The summed E-state index contributed by atoms with van der Waals surface area (Å²) in [6.45, 7) is 2.85. The summed E-state index contributed by atoms with van der Waals surface area (Å²) in [4.78, 5) is 24.6. The molecule has 0 heterocycles. The lowest BCUT2D eigenvalue weighted by Gasteiger charge is -2.17. The van der Waals surface area contributed by atoms with Crippen LogP contribution in [0.15, 0.2) is 40.9 Å². The van der Waals surface area contributed by atoms with Crippen molar-refractivity contribution in [2.45, 2.75) is 6.92 Å². The fourth-order valence-corrected chi connectivity index (χ4v) is 2.74. The minimum atomic E-state index is -0.517. The molecule has 150 valence electrons. The Labute approximate surface area is 171 Å². The van der Waals surface area contributed by atoms with Crippen LogP contribution in [0, 0.1) is 17.0 Å². The molecular weight excluding hydrogens is 430 g/mol. The second-order valence-electron chi connectivity index (χ2n) is 6.18. The number of ether oxygens (including phenoxy) is 2. The van der Waals surface area contributed by atoms with Crippen molar-refractivity contribution in [3.8, 4) is 11.5 Å². The highest BCUT2D eigenvalue weighted by Crippen LogP contribution is 2.32. The molecule has 8 nitrogen and oxygen atoms in total. The van der Waals surface area contributed by atoms with E-state index >= 15 is 0 Å². The van der Waals surface area contributed by atoms with E-state index in [-0.39, 0.29) is 23.9 Å². The number of hydrogen-bond acceptors (Lipinski definition) is 6. The number of methoxy groups -OCH3 is 1. The summed E-state index contributed by atoms with van der Waals surface area (Å²) in [5.74, 6) is 0.627. The first-order valence-corrected chi connectivity index (χ1v) is 9.29. The van der Waals surface area contributed by atoms with Crippen molar-refractivity contribution in [3.63, 3.8) is 0 Å². The number of likely N-dealkylation sites (N-methyl/N-ethyl adjacent to an activating group) is 1. The molecule has 0 saturated heterocycles. The summed E-state index contributed by atoms with van der Waals surface area (Å²) in [6, 6.07) is 10.4. The van der Waals surface area contributed by atoms with Crippen LogP contribution < -0.4 is 14.8 Å². The first kappa shape index (κ1) is 21.6. The summed E-state index contributed by atoms with van der Waals surface area (Å²) >= 11 is 3.37. The molecule has 0 fully saturated rings. The van der Waals surface area contributed by atoms with Crippen molar-refractivity contribution in [3.05, 3.63) is 56.5 Å². The van der Waals surface area contributed by atoms with E-state index < -0.39 is 4.92 Å². The first-order chi connectivity index (χ1) is 13.3. The average molecular weight is 452 g/mol. The summed E-state index contributed by atoms with van der Waals surface area (Å²) in [7, 11) is 3.16. The molecule has 9 heteroatoms. The molecule has 0 atom stereocenters. The maximum atomic E-state index is 12.3. The van der Waals surface area contributed by atoms with E-state index in [1.54, 1.807) is 6.92 Å². The Hall–Kier alpha value is -2.65. The zero-order valence-electron chi connectivity index (χ0n) is 15.9. The molecule has 28 heavy (non-hydrogen) atoms. The van der Waals surface area contributed by atoms with Crippen LogP contribution in [-0.4, -0.2) is 49.6 Å². The molecule has 2 aromatic carbocycles. The highest BCUT2D eigenvalue weighted by atomic mass is 79.9. The predicted molar refractivity (Wildman–Crippen MR) is 110 cm³/mol. The largest absolute Gasteiger partial charge is 0.492 e. The monoisotopic (exact) mass is 451 g/mol. The summed E-state index contributed by atoms with van der Waals surface area (Å²) in [5.41, 5.74) is 0.925. The third-order valence-electron chi connectivity index (χ3n) is 3.97. The highest BCUT2D eigenvalue weighted by Gasteiger charge is 2.18. The van der Waals surface area contributed by atoms with Crippen molar-refractivity contribution in [2.24, 2.45) is 0 Å². The lowest BCUT2D eigenvalue weighted by atomic mass is 10.1. The van der Waals surface area contributed by atoms with Gasteiger partial charge in [-0.15, -0.1) is 0 Å². The van der Waals surface area contributed by atoms with E-state index in [4.69, 9.17) is 9.47 Å². The summed E-state index contributed by atoms with van der Waals surface area (Å²) in [6.07, 6.45) is 0. The standard InChI is InChI=1S/C19H22BrN3O5/c1-13-10-17(23(25)26)18(27-3)11-16(13)21-19(24)12-22(2)8-9-28-15-6-4-14(20)5-7-15/h4-7,10-11H,8-9,12H2,1-3H3,(H,21,24). The van der Waals surface area contributed by atoms with Gasteiger partial charge in [-0.1, -0.05) is 15.9 Å². The fraction of sp³-hybridized carbons (Fsp3) is 0.316. The van der Waals surface area contributed by atoms with Crippen LogP contribution in [0.2, 0.25) is 0 Å². The zero-order valence-corrected chi connectivity index (χ0v) is 17.5. The van der Waals surface area contributed by atoms with Crippen molar-refractivity contribution in [2.75, 3.05) is 39.2 Å². The molecule has 0 aliphatic carbocycles. The number of carbonyl (C=O) groups excluding carboxylic acids is 1. The molecular formula is C19H22BrN3O5. The Morgan fingerprint density at radius 1 is 1.29 bits per heavy atom. The van der Waals surface area contributed by atoms with Gasteiger partial charge in [-0.3, -0.25) is 19.8 Å². The van der Waals surface area contributed by atoms with Crippen LogP contribution in [0.5, 0.6) is 11.5 Å². The van der Waals surface area contributed by atoms with Crippen LogP contribution in [0.3, 0.4) is 0 Å². The van der Waals surface area contributed by atoms with Gasteiger partial charge in [-0.05, 0) is 43.8 Å². The minimum absolute atomic E-state index is 0.0992. The second kappa shape index (κ2) is 10.0. The number of benzene rings is 2. The minimum Gasteiger partial charge on any atom is -0.492 e. The number of carbonyl (C=O) groups is 1. The van der Waals surface area contributed by atoms with Crippen molar-refractivity contribution < 1.29 is 19.2 Å². The quantitative estimate of drug-likeness (QED) is 0.462. The second-order valence-corrected chi connectivity index (χ2v) is 7.10. The molecule has 0 aliphatic rings. The van der Waals surface area contributed by atoms with Gasteiger partial charge in [0.05, 0.1) is 18.6 Å². The first-order valence-electron chi connectivity index (χ1n) is 8.50. The number of anilines is 1. The average Bonchev–Trinajstić information content (AvgIpc) is 2.64. The molecule has 2 rings (SSSR count). The maximum Gasteiger partial charge on any atom is 0.311 e. The highest BCUT2D eigenvalue weighted by molar-refractivity contribution is 9.10. The summed E-state index contributed by atoms with van der Waals surface area (Å²) in [5, 5.41) is 13.8. The van der Waals surface area contributed by atoms with Gasteiger partial charge in [0.25, 0.3) is 0 Å². The van der Waals surface area contributed by atoms with Crippen LogP contribution >= 0.6 is 15.9 Å². The normalized spacial score (nSPS) is 10.6. The van der Waals surface area contributed by atoms with Gasteiger partial charge in [0.1, 0.15) is 12.4 Å². The van der Waals surface area contributed by atoms with E-state index in [1.807, 2.05) is 36.2 Å². The van der Waals surface area contributed by atoms with E-state index in [2.05, 4.69) is 21.2 Å². The van der Waals surface area contributed by atoms with Gasteiger partial charge in [-0.2, -0.15) is 0 Å². The molecule has 0 aliphatic heterocycles. The SMILES string of the molecule is COc1cc(NC(=O)CN(C)CCOc2ccc(Br)cc2)c(C)cc1[N+](=O)[O-]. The smallest absolute Gasteiger partial charge is 0.311 e. The van der Waals surface area contributed by atoms with Crippen LogP contribution in [0.1, 0.15) is 5.56 Å². The van der Waals surface area contributed by atoms with Gasteiger partial charge in [0.2, 0.25) is 5.91 Å². The number of halogens is 1.